The van der Waals surface area contributed by atoms with Crippen LogP contribution in [0.25, 0.3) is 0 Å². The zero-order valence-corrected chi connectivity index (χ0v) is 10.6. The van der Waals surface area contributed by atoms with Crippen molar-refractivity contribution in [3.8, 4) is 0 Å². The number of amides is 1. The predicted octanol–water partition coefficient (Wildman–Crippen LogP) is 1.54. The molecule has 0 heterocycles. The fourth-order valence-corrected chi connectivity index (χ4v) is 1.71. The molecular weight excluding hydrogens is 214 g/mol. The minimum atomic E-state index is -0.0457. The van der Waals surface area contributed by atoms with Crippen LogP contribution in [0.5, 0.6) is 0 Å². The van der Waals surface area contributed by atoms with Gasteiger partial charge in [0.2, 0.25) is 5.91 Å². The van der Waals surface area contributed by atoms with Crippen molar-refractivity contribution >= 4 is 5.91 Å². The van der Waals surface area contributed by atoms with Crippen LogP contribution in [0.1, 0.15) is 25.0 Å². The van der Waals surface area contributed by atoms with Crippen LogP contribution in [0.3, 0.4) is 0 Å². The maximum Gasteiger partial charge on any atom is 0.224 e. The van der Waals surface area contributed by atoms with Gasteiger partial charge in [0.15, 0.2) is 0 Å². The standard InChI is InChI=1S/C14H21NO2/c1-11(2)9-12-3-5-13(6-4-12)10-14(17)15-7-8-16/h3-6,11,16H,7-10H2,1-2H3,(H,15,17). The quantitative estimate of drug-likeness (QED) is 0.785. The van der Waals surface area contributed by atoms with Crippen LogP contribution in [0, 0.1) is 5.92 Å². The molecule has 17 heavy (non-hydrogen) atoms. The fourth-order valence-electron chi connectivity index (χ4n) is 1.71. The zero-order chi connectivity index (χ0) is 12.7. The Morgan fingerprint density at radius 1 is 1.24 bits per heavy atom. The summed E-state index contributed by atoms with van der Waals surface area (Å²) in [7, 11) is 0. The smallest absolute Gasteiger partial charge is 0.224 e. The summed E-state index contributed by atoms with van der Waals surface area (Å²) >= 11 is 0. The number of aliphatic hydroxyl groups is 1. The van der Waals surface area contributed by atoms with Crippen LogP contribution < -0.4 is 5.32 Å². The summed E-state index contributed by atoms with van der Waals surface area (Å²) in [5.41, 5.74) is 2.31. The van der Waals surface area contributed by atoms with Crippen molar-refractivity contribution in [3.05, 3.63) is 35.4 Å². The van der Waals surface area contributed by atoms with Crippen LogP contribution in [0.4, 0.5) is 0 Å². The van der Waals surface area contributed by atoms with E-state index in [1.807, 2.05) is 12.1 Å². The van der Waals surface area contributed by atoms with E-state index in [0.717, 1.165) is 12.0 Å². The number of nitrogens with one attached hydrogen (secondary N) is 1. The van der Waals surface area contributed by atoms with Crippen molar-refractivity contribution in [1.29, 1.82) is 0 Å². The van der Waals surface area contributed by atoms with Gasteiger partial charge in [-0.2, -0.15) is 0 Å². The average Bonchev–Trinajstić information content (AvgIpc) is 2.28. The van der Waals surface area contributed by atoms with Gasteiger partial charge in [-0.15, -0.1) is 0 Å². The van der Waals surface area contributed by atoms with Crippen LogP contribution in [-0.2, 0) is 17.6 Å². The molecule has 1 rings (SSSR count). The summed E-state index contributed by atoms with van der Waals surface area (Å²) in [4.78, 5) is 11.4. The van der Waals surface area contributed by atoms with Gasteiger partial charge in [0.1, 0.15) is 0 Å². The Morgan fingerprint density at radius 3 is 2.35 bits per heavy atom. The lowest BCUT2D eigenvalue weighted by Gasteiger charge is -2.07. The summed E-state index contributed by atoms with van der Waals surface area (Å²) in [6.45, 7) is 4.69. The Balaban J connectivity index is 2.47. The number of hydrogen-bond donors (Lipinski definition) is 2. The van der Waals surface area contributed by atoms with Gasteiger partial charge < -0.3 is 10.4 Å². The van der Waals surface area contributed by atoms with E-state index >= 15 is 0 Å². The third kappa shape index (κ3) is 5.50. The van der Waals surface area contributed by atoms with Gasteiger partial charge >= 0.3 is 0 Å². The SMILES string of the molecule is CC(C)Cc1ccc(CC(=O)NCCO)cc1. The van der Waals surface area contributed by atoms with Gasteiger partial charge in [-0.3, -0.25) is 4.79 Å². The highest BCUT2D eigenvalue weighted by atomic mass is 16.3. The molecule has 1 aromatic rings. The minimum absolute atomic E-state index is 0.0148. The zero-order valence-electron chi connectivity index (χ0n) is 10.6. The number of hydrogen-bond acceptors (Lipinski definition) is 2. The second-order valence-corrected chi connectivity index (χ2v) is 4.66. The third-order valence-electron chi connectivity index (χ3n) is 2.47. The molecule has 0 atom stereocenters. The first-order valence-electron chi connectivity index (χ1n) is 6.07. The van der Waals surface area contributed by atoms with E-state index in [1.165, 1.54) is 5.56 Å². The molecule has 0 spiro atoms. The van der Waals surface area contributed by atoms with Gasteiger partial charge in [0, 0.05) is 6.54 Å². The summed E-state index contributed by atoms with van der Waals surface area (Å²) in [5, 5.41) is 11.2. The van der Waals surface area contributed by atoms with Crippen molar-refractivity contribution in [3.63, 3.8) is 0 Å². The molecule has 2 N–H and O–H groups in total. The Bertz CT molecular complexity index is 344. The van der Waals surface area contributed by atoms with E-state index < -0.39 is 0 Å². The first-order chi connectivity index (χ1) is 8.11. The van der Waals surface area contributed by atoms with Gasteiger partial charge in [-0.25, -0.2) is 0 Å². The number of rotatable bonds is 6. The minimum Gasteiger partial charge on any atom is -0.395 e. The van der Waals surface area contributed by atoms with Crippen molar-refractivity contribution in [1.82, 2.24) is 5.32 Å². The molecule has 3 nitrogen and oxygen atoms in total. The molecule has 0 fully saturated rings. The summed E-state index contributed by atoms with van der Waals surface area (Å²) in [5.74, 6) is 0.601. The van der Waals surface area contributed by atoms with E-state index in [2.05, 4.69) is 31.3 Å². The molecule has 3 heteroatoms. The number of carbonyl (C=O) groups is 1. The van der Waals surface area contributed by atoms with E-state index in [1.54, 1.807) is 0 Å². The number of aliphatic hydroxyl groups excluding tert-OH is 1. The second-order valence-electron chi connectivity index (χ2n) is 4.66. The normalized spacial score (nSPS) is 10.6. The number of benzene rings is 1. The van der Waals surface area contributed by atoms with E-state index in [0.29, 0.717) is 18.9 Å². The van der Waals surface area contributed by atoms with E-state index in [9.17, 15) is 4.79 Å². The van der Waals surface area contributed by atoms with Gasteiger partial charge in [-0.1, -0.05) is 38.1 Å². The maximum absolute atomic E-state index is 11.4. The Morgan fingerprint density at radius 2 is 1.82 bits per heavy atom. The summed E-state index contributed by atoms with van der Waals surface area (Å²) in [6, 6.07) is 8.15. The third-order valence-corrected chi connectivity index (χ3v) is 2.47. The van der Waals surface area contributed by atoms with Crippen molar-refractivity contribution < 1.29 is 9.90 Å². The molecule has 0 aliphatic carbocycles. The van der Waals surface area contributed by atoms with Crippen molar-refractivity contribution in [2.75, 3.05) is 13.2 Å². The molecule has 0 unspecified atom stereocenters. The first-order valence-corrected chi connectivity index (χ1v) is 6.07. The molecule has 1 aromatic carbocycles. The maximum atomic E-state index is 11.4. The molecule has 94 valence electrons. The average molecular weight is 235 g/mol. The Hall–Kier alpha value is -1.35. The summed E-state index contributed by atoms with van der Waals surface area (Å²) < 4.78 is 0. The van der Waals surface area contributed by atoms with Gasteiger partial charge in [0.25, 0.3) is 0 Å². The predicted molar refractivity (Wildman–Crippen MR) is 68.8 cm³/mol. The van der Waals surface area contributed by atoms with E-state index in [-0.39, 0.29) is 12.5 Å². The van der Waals surface area contributed by atoms with Crippen LogP contribution in [-0.4, -0.2) is 24.2 Å². The molecule has 0 aliphatic heterocycles. The molecule has 0 aromatic heterocycles. The lowest BCUT2D eigenvalue weighted by atomic mass is 10.0. The highest BCUT2D eigenvalue weighted by molar-refractivity contribution is 5.78. The molecular formula is C14H21NO2. The lowest BCUT2D eigenvalue weighted by Crippen LogP contribution is -2.27. The van der Waals surface area contributed by atoms with Gasteiger partial charge in [-0.05, 0) is 23.5 Å². The van der Waals surface area contributed by atoms with E-state index in [4.69, 9.17) is 5.11 Å². The van der Waals surface area contributed by atoms with Crippen LogP contribution in [0.2, 0.25) is 0 Å². The molecule has 1 amide bonds. The highest BCUT2D eigenvalue weighted by Gasteiger charge is 2.03. The Labute approximate surface area is 103 Å². The highest BCUT2D eigenvalue weighted by Crippen LogP contribution is 2.10. The molecule has 0 aliphatic rings. The fraction of sp³-hybridized carbons (Fsp3) is 0.500. The van der Waals surface area contributed by atoms with Crippen LogP contribution in [0.15, 0.2) is 24.3 Å². The second kappa shape index (κ2) is 7.07. The number of carbonyl (C=O) groups excluding carboxylic acids is 1. The van der Waals surface area contributed by atoms with Gasteiger partial charge in [0.05, 0.1) is 13.0 Å². The lowest BCUT2D eigenvalue weighted by molar-refractivity contribution is -0.120. The largest absolute Gasteiger partial charge is 0.395 e. The molecule has 0 saturated carbocycles. The first kappa shape index (κ1) is 13.7. The van der Waals surface area contributed by atoms with Crippen molar-refractivity contribution in [2.24, 2.45) is 5.92 Å². The molecule has 0 saturated heterocycles. The Kier molecular flexibility index (Phi) is 5.70. The monoisotopic (exact) mass is 235 g/mol. The van der Waals surface area contributed by atoms with Crippen molar-refractivity contribution in [2.45, 2.75) is 26.7 Å². The van der Waals surface area contributed by atoms with Crippen LogP contribution >= 0.6 is 0 Å². The molecule has 0 bridgehead atoms. The topological polar surface area (TPSA) is 49.3 Å². The molecule has 0 radical (unpaired) electrons. The summed E-state index contributed by atoms with van der Waals surface area (Å²) in [6.07, 6.45) is 1.44.